The smallest absolute Gasteiger partial charge is 0.328 e. The lowest BCUT2D eigenvalue weighted by Crippen LogP contribution is -2.01. The van der Waals surface area contributed by atoms with Crippen molar-refractivity contribution in [3.8, 4) is 0 Å². The molecule has 2 N–H and O–H groups in total. The number of rotatable bonds is 2. The summed E-state index contributed by atoms with van der Waals surface area (Å²) in [6, 6.07) is 8.02. The van der Waals surface area contributed by atoms with Gasteiger partial charge in [-0.2, -0.15) is 0 Å². The first kappa shape index (κ1) is 15.7. The maximum absolute atomic E-state index is 12.0. The van der Waals surface area contributed by atoms with Crippen LogP contribution in [-0.4, -0.2) is 27.9 Å². The number of hydrogen-bond acceptors (Lipinski definition) is 3. The van der Waals surface area contributed by atoms with E-state index in [1.807, 2.05) is 18.2 Å². The molecule has 0 atom stereocenters. The Labute approximate surface area is 127 Å². The second-order valence-corrected chi connectivity index (χ2v) is 5.05. The van der Waals surface area contributed by atoms with E-state index >= 15 is 0 Å². The van der Waals surface area contributed by atoms with Crippen LogP contribution in [0.25, 0.3) is 5.57 Å². The van der Waals surface area contributed by atoms with Crippen LogP contribution in [0.15, 0.2) is 42.0 Å². The van der Waals surface area contributed by atoms with Gasteiger partial charge in [-0.15, -0.1) is 0 Å². The van der Waals surface area contributed by atoms with Crippen molar-refractivity contribution < 1.29 is 24.6 Å². The summed E-state index contributed by atoms with van der Waals surface area (Å²) in [4.78, 5) is 31.1. The molecule has 0 saturated carbocycles. The van der Waals surface area contributed by atoms with Gasteiger partial charge in [0, 0.05) is 23.3 Å². The number of aliphatic carboxylic acids is 2. The lowest BCUT2D eigenvalue weighted by molar-refractivity contribution is -0.134. The average molecular weight is 300 g/mol. The lowest BCUT2D eigenvalue weighted by Gasteiger charge is -2.12. The molecule has 22 heavy (non-hydrogen) atoms. The number of carbonyl (C=O) groups excluding carboxylic acids is 1. The molecule has 2 aliphatic rings. The molecule has 2 aliphatic carbocycles. The summed E-state index contributed by atoms with van der Waals surface area (Å²) in [5.41, 5.74) is 4.56. The summed E-state index contributed by atoms with van der Waals surface area (Å²) in [5, 5.41) is 15.6. The minimum Gasteiger partial charge on any atom is -0.478 e. The van der Waals surface area contributed by atoms with Crippen LogP contribution in [0, 0.1) is 0 Å². The standard InChI is InChI=1S/C13H12O.C4H4O4/c14-13-11-7-3-1-5-9(11)10-6-2-4-8-12(10)13;5-3(6)1-2-4(7)8/h1,3,5,7H,2,4,6,8H2;1-2H,(H,5,6)(H,7,8)/b;2-1+. The molecular weight excluding hydrogens is 284 g/mol. The zero-order valence-corrected chi connectivity index (χ0v) is 11.9. The molecule has 1 aromatic rings. The minimum atomic E-state index is -1.26. The van der Waals surface area contributed by atoms with Crippen LogP contribution in [0.3, 0.4) is 0 Å². The molecule has 3 rings (SSSR count). The first-order chi connectivity index (χ1) is 10.5. The molecule has 0 spiro atoms. The molecule has 0 aliphatic heterocycles. The fourth-order valence-electron chi connectivity index (χ4n) is 2.70. The summed E-state index contributed by atoms with van der Waals surface area (Å²) in [6.07, 6.45) is 5.62. The number of benzene rings is 1. The van der Waals surface area contributed by atoms with Crippen molar-refractivity contribution >= 4 is 23.3 Å². The molecule has 0 unspecified atom stereocenters. The molecule has 0 bridgehead atoms. The number of hydrogen-bond donors (Lipinski definition) is 2. The monoisotopic (exact) mass is 300 g/mol. The molecule has 0 fully saturated rings. The van der Waals surface area contributed by atoms with Gasteiger partial charge in [-0.25, -0.2) is 9.59 Å². The maximum Gasteiger partial charge on any atom is 0.328 e. The van der Waals surface area contributed by atoms with Crippen LogP contribution in [0.4, 0.5) is 0 Å². The van der Waals surface area contributed by atoms with E-state index in [4.69, 9.17) is 10.2 Å². The molecular formula is C17H16O5. The Morgan fingerprint density at radius 3 is 1.91 bits per heavy atom. The number of Topliss-reactive ketones (excluding diaryl/α,β-unsaturated/α-hetero) is 1. The van der Waals surface area contributed by atoms with Crippen LogP contribution >= 0.6 is 0 Å². The normalized spacial score (nSPS) is 15.9. The molecule has 5 heteroatoms. The highest BCUT2D eigenvalue weighted by molar-refractivity contribution is 6.20. The van der Waals surface area contributed by atoms with Gasteiger partial charge in [0.15, 0.2) is 5.78 Å². The van der Waals surface area contributed by atoms with Crippen LogP contribution in [-0.2, 0) is 9.59 Å². The summed E-state index contributed by atoms with van der Waals surface area (Å²) in [7, 11) is 0. The third kappa shape index (κ3) is 3.49. The first-order valence-electron chi connectivity index (χ1n) is 7.00. The fraction of sp³-hybridized carbons (Fsp3) is 0.235. The Morgan fingerprint density at radius 1 is 0.864 bits per heavy atom. The largest absolute Gasteiger partial charge is 0.478 e. The van der Waals surface area contributed by atoms with Crippen LogP contribution in [0.2, 0.25) is 0 Å². The predicted octanol–water partition coefficient (Wildman–Crippen LogP) is 2.92. The molecule has 1 aromatic carbocycles. The molecule has 0 radical (unpaired) electrons. The Hall–Kier alpha value is -2.69. The highest BCUT2D eigenvalue weighted by atomic mass is 16.4. The average Bonchev–Trinajstić information content (AvgIpc) is 2.80. The Bertz CT molecular complexity index is 666. The van der Waals surface area contributed by atoms with E-state index in [2.05, 4.69) is 6.07 Å². The number of ketones is 1. The van der Waals surface area contributed by atoms with Gasteiger partial charge < -0.3 is 10.2 Å². The fourth-order valence-corrected chi connectivity index (χ4v) is 2.70. The van der Waals surface area contributed by atoms with E-state index in [-0.39, 0.29) is 5.78 Å². The minimum absolute atomic E-state index is 0.287. The van der Waals surface area contributed by atoms with Gasteiger partial charge in [-0.05, 0) is 36.8 Å². The van der Waals surface area contributed by atoms with Gasteiger partial charge >= 0.3 is 11.9 Å². The molecule has 0 saturated heterocycles. The highest BCUT2D eigenvalue weighted by Crippen LogP contribution is 2.40. The van der Waals surface area contributed by atoms with E-state index < -0.39 is 11.9 Å². The second-order valence-electron chi connectivity index (χ2n) is 5.05. The van der Waals surface area contributed by atoms with Crippen molar-refractivity contribution in [2.45, 2.75) is 25.7 Å². The highest BCUT2D eigenvalue weighted by Gasteiger charge is 2.29. The van der Waals surface area contributed by atoms with Gasteiger partial charge in [0.1, 0.15) is 0 Å². The lowest BCUT2D eigenvalue weighted by atomic mass is 9.92. The van der Waals surface area contributed by atoms with E-state index in [1.54, 1.807) is 0 Å². The summed E-state index contributed by atoms with van der Waals surface area (Å²) < 4.78 is 0. The number of carboxylic acid groups (broad SMARTS) is 2. The van der Waals surface area contributed by atoms with E-state index in [1.165, 1.54) is 24.0 Å². The molecule has 0 aromatic heterocycles. The van der Waals surface area contributed by atoms with Crippen molar-refractivity contribution in [1.29, 1.82) is 0 Å². The van der Waals surface area contributed by atoms with Gasteiger partial charge in [0.25, 0.3) is 0 Å². The van der Waals surface area contributed by atoms with Gasteiger partial charge in [-0.1, -0.05) is 24.3 Å². The van der Waals surface area contributed by atoms with Gasteiger partial charge in [0.05, 0.1) is 0 Å². The van der Waals surface area contributed by atoms with Crippen LogP contribution in [0.1, 0.15) is 41.6 Å². The van der Waals surface area contributed by atoms with Gasteiger partial charge in [0.2, 0.25) is 0 Å². The summed E-state index contributed by atoms with van der Waals surface area (Å²) >= 11 is 0. The third-order valence-electron chi connectivity index (χ3n) is 3.61. The van der Waals surface area contributed by atoms with Crippen LogP contribution in [0.5, 0.6) is 0 Å². The first-order valence-corrected chi connectivity index (χ1v) is 7.00. The second kappa shape index (κ2) is 6.85. The van der Waals surface area contributed by atoms with Crippen molar-refractivity contribution in [1.82, 2.24) is 0 Å². The molecule has 0 heterocycles. The van der Waals surface area contributed by atoms with E-state index in [0.717, 1.165) is 24.0 Å². The predicted molar refractivity (Wildman–Crippen MR) is 80.6 cm³/mol. The Balaban J connectivity index is 0.000000192. The Kier molecular flexibility index (Phi) is 4.88. The van der Waals surface area contributed by atoms with E-state index in [9.17, 15) is 14.4 Å². The number of carbonyl (C=O) groups is 3. The van der Waals surface area contributed by atoms with Gasteiger partial charge in [-0.3, -0.25) is 4.79 Å². The van der Waals surface area contributed by atoms with Crippen LogP contribution < -0.4 is 0 Å². The van der Waals surface area contributed by atoms with Crippen molar-refractivity contribution in [2.75, 3.05) is 0 Å². The zero-order valence-electron chi connectivity index (χ0n) is 11.9. The molecule has 114 valence electrons. The quantitative estimate of drug-likeness (QED) is 0.819. The van der Waals surface area contributed by atoms with Crippen molar-refractivity contribution in [3.05, 3.63) is 53.1 Å². The van der Waals surface area contributed by atoms with E-state index in [0.29, 0.717) is 12.2 Å². The molecule has 5 nitrogen and oxygen atoms in total. The molecule has 0 amide bonds. The summed E-state index contributed by atoms with van der Waals surface area (Å²) in [5.74, 6) is -2.23. The SMILES string of the molecule is O=C(O)/C=C/C(=O)O.O=C1C2=C(CCCC2)c2ccccc21. The zero-order chi connectivity index (χ0) is 16.1. The topological polar surface area (TPSA) is 91.7 Å². The third-order valence-corrected chi connectivity index (χ3v) is 3.61. The number of fused-ring (bicyclic) bond motifs is 2. The van der Waals surface area contributed by atoms with Crippen molar-refractivity contribution in [3.63, 3.8) is 0 Å². The maximum atomic E-state index is 12.0. The number of allylic oxidation sites excluding steroid dienone is 2. The number of carboxylic acids is 2. The Morgan fingerprint density at radius 2 is 1.36 bits per heavy atom. The summed E-state index contributed by atoms with van der Waals surface area (Å²) in [6.45, 7) is 0. The van der Waals surface area contributed by atoms with Crippen molar-refractivity contribution in [2.24, 2.45) is 0 Å².